The van der Waals surface area contributed by atoms with Crippen molar-refractivity contribution >= 4 is 0 Å². The molecular formula is C15H31NO. The molecule has 0 aliphatic carbocycles. The van der Waals surface area contributed by atoms with Gasteiger partial charge in [0, 0.05) is 19.3 Å². The molecule has 0 aromatic carbocycles. The van der Waals surface area contributed by atoms with Crippen LogP contribution >= 0.6 is 0 Å². The van der Waals surface area contributed by atoms with Crippen molar-refractivity contribution in [1.29, 1.82) is 0 Å². The molecule has 2 heteroatoms. The van der Waals surface area contributed by atoms with Crippen LogP contribution in [0, 0.1) is 17.3 Å². The summed E-state index contributed by atoms with van der Waals surface area (Å²) in [6.07, 6.45) is 3.87. The van der Waals surface area contributed by atoms with E-state index >= 15 is 0 Å². The van der Waals surface area contributed by atoms with Crippen LogP contribution in [0.5, 0.6) is 0 Å². The Morgan fingerprint density at radius 1 is 1.18 bits per heavy atom. The zero-order valence-electron chi connectivity index (χ0n) is 12.4. The van der Waals surface area contributed by atoms with E-state index in [-0.39, 0.29) is 0 Å². The Kier molecular flexibility index (Phi) is 5.94. The first kappa shape index (κ1) is 15.0. The minimum Gasteiger partial charge on any atom is -0.381 e. The Balaban J connectivity index is 2.44. The Hall–Kier alpha value is -0.0800. The molecule has 1 unspecified atom stereocenters. The van der Waals surface area contributed by atoms with Crippen LogP contribution in [0.15, 0.2) is 0 Å². The second-order valence-corrected chi connectivity index (χ2v) is 6.92. The van der Waals surface area contributed by atoms with Gasteiger partial charge in [-0.25, -0.2) is 0 Å². The number of hydrogen-bond acceptors (Lipinski definition) is 2. The number of hydrogen-bond donors (Lipinski definition) is 1. The molecule has 0 bridgehead atoms. The van der Waals surface area contributed by atoms with Gasteiger partial charge in [-0.05, 0) is 43.1 Å². The first-order valence-corrected chi connectivity index (χ1v) is 7.20. The number of ether oxygens (including phenoxy) is 1. The fraction of sp³-hybridized carbons (Fsp3) is 1.00. The average molecular weight is 241 g/mol. The molecule has 1 aliphatic heterocycles. The van der Waals surface area contributed by atoms with Crippen molar-refractivity contribution in [2.24, 2.45) is 17.3 Å². The first-order chi connectivity index (χ1) is 7.89. The minimum atomic E-state index is 0.403. The zero-order chi connectivity index (χ0) is 12.9. The topological polar surface area (TPSA) is 21.3 Å². The Morgan fingerprint density at radius 2 is 1.76 bits per heavy atom. The molecule has 0 amide bonds. The van der Waals surface area contributed by atoms with Crippen LogP contribution in [0.4, 0.5) is 0 Å². The Labute approximate surface area is 108 Å². The van der Waals surface area contributed by atoms with E-state index in [4.69, 9.17) is 4.74 Å². The molecule has 0 aromatic rings. The fourth-order valence-electron chi connectivity index (χ4n) is 2.51. The molecule has 17 heavy (non-hydrogen) atoms. The molecule has 0 spiro atoms. The summed E-state index contributed by atoms with van der Waals surface area (Å²) in [5.41, 5.74) is 0.403. The quantitative estimate of drug-likeness (QED) is 0.796. The molecular weight excluding hydrogens is 210 g/mol. The summed E-state index contributed by atoms with van der Waals surface area (Å²) in [7, 11) is 0. The predicted octanol–water partition coefficient (Wildman–Crippen LogP) is 3.46. The molecule has 1 fully saturated rings. The van der Waals surface area contributed by atoms with Crippen molar-refractivity contribution in [2.75, 3.05) is 19.8 Å². The van der Waals surface area contributed by atoms with E-state index in [1.807, 2.05) is 0 Å². The normalized spacial score (nSPS) is 20.8. The van der Waals surface area contributed by atoms with Crippen LogP contribution in [-0.4, -0.2) is 25.8 Å². The highest BCUT2D eigenvalue weighted by molar-refractivity contribution is 4.80. The summed E-state index contributed by atoms with van der Waals surface area (Å²) in [6.45, 7) is 14.7. The second-order valence-electron chi connectivity index (χ2n) is 6.92. The predicted molar refractivity (Wildman–Crippen MR) is 74.2 cm³/mol. The highest BCUT2D eigenvalue weighted by atomic mass is 16.5. The van der Waals surface area contributed by atoms with Crippen LogP contribution in [0.3, 0.4) is 0 Å². The molecule has 1 saturated heterocycles. The standard InChI is InChI=1S/C15H31NO/c1-12(2)16-11-14(15(3,4)5)10-13-6-8-17-9-7-13/h12-14,16H,6-11H2,1-5H3. The van der Waals surface area contributed by atoms with E-state index in [0.717, 1.165) is 31.6 Å². The van der Waals surface area contributed by atoms with Crippen molar-refractivity contribution in [1.82, 2.24) is 5.32 Å². The summed E-state index contributed by atoms with van der Waals surface area (Å²) < 4.78 is 5.45. The SMILES string of the molecule is CC(C)NCC(CC1CCOCC1)C(C)(C)C. The highest BCUT2D eigenvalue weighted by Crippen LogP contribution is 2.33. The monoisotopic (exact) mass is 241 g/mol. The van der Waals surface area contributed by atoms with Gasteiger partial charge in [-0.2, -0.15) is 0 Å². The van der Waals surface area contributed by atoms with Gasteiger partial charge in [0.15, 0.2) is 0 Å². The molecule has 1 heterocycles. The van der Waals surface area contributed by atoms with Crippen molar-refractivity contribution in [2.45, 2.75) is 59.9 Å². The average Bonchev–Trinajstić information content (AvgIpc) is 2.23. The lowest BCUT2D eigenvalue weighted by Crippen LogP contribution is -2.37. The molecule has 1 aliphatic rings. The summed E-state index contributed by atoms with van der Waals surface area (Å²) >= 11 is 0. The molecule has 0 aromatic heterocycles. The molecule has 102 valence electrons. The first-order valence-electron chi connectivity index (χ1n) is 7.20. The van der Waals surface area contributed by atoms with Crippen LogP contribution in [0.25, 0.3) is 0 Å². The third-order valence-corrected chi connectivity index (χ3v) is 3.96. The number of rotatable bonds is 5. The van der Waals surface area contributed by atoms with E-state index in [2.05, 4.69) is 39.9 Å². The largest absolute Gasteiger partial charge is 0.381 e. The third-order valence-electron chi connectivity index (χ3n) is 3.96. The summed E-state index contributed by atoms with van der Waals surface area (Å²) in [5.74, 6) is 1.65. The number of nitrogens with one attached hydrogen (secondary N) is 1. The van der Waals surface area contributed by atoms with E-state index < -0.39 is 0 Å². The molecule has 1 N–H and O–H groups in total. The Morgan fingerprint density at radius 3 is 2.24 bits per heavy atom. The molecule has 0 saturated carbocycles. The lowest BCUT2D eigenvalue weighted by atomic mass is 9.74. The van der Waals surface area contributed by atoms with Crippen LogP contribution in [-0.2, 0) is 4.74 Å². The maximum atomic E-state index is 5.45. The lowest BCUT2D eigenvalue weighted by molar-refractivity contribution is 0.0492. The zero-order valence-corrected chi connectivity index (χ0v) is 12.4. The van der Waals surface area contributed by atoms with Crippen molar-refractivity contribution in [3.05, 3.63) is 0 Å². The molecule has 0 radical (unpaired) electrons. The molecule has 1 rings (SSSR count). The van der Waals surface area contributed by atoms with Gasteiger partial charge in [-0.15, -0.1) is 0 Å². The smallest absolute Gasteiger partial charge is 0.0468 e. The second kappa shape index (κ2) is 6.75. The summed E-state index contributed by atoms with van der Waals surface area (Å²) in [5, 5.41) is 3.61. The van der Waals surface area contributed by atoms with E-state index in [1.54, 1.807) is 0 Å². The van der Waals surface area contributed by atoms with Crippen LogP contribution in [0.2, 0.25) is 0 Å². The highest BCUT2D eigenvalue weighted by Gasteiger charge is 2.28. The summed E-state index contributed by atoms with van der Waals surface area (Å²) in [4.78, 5) is 0. The maximum absolute atomic E-state index is 5.45. The van der Waals surface area contributed by atoms with Crippen molar-refractivity contribution < 1.29 is 4.74 Å². The lowest BCUT2D eigenvalue weighted by Gasteiger charge is -2.35. The molecule has 1 atom stereocenters. The van der Waals surface area contributed by atoms with Gasteiger partial charge >= 0.3 is 0 Å². The van der Waals surface area contributed by atoms with Crippen molar-refractivity contribution in [3.8, 4) is 0 Å². The minimum absolute atomic E-state index is 0.403. The van der Waals surface area contributed by atoms with E-state index in [0.29, 0.717) is 11.5 Å². The van der Waals surface area contributed by atoms with Gasteiger partial charge in [0.2, 0.25) is 0 Å². The van der Waals surface area contributed by atoms with Gasteiger partial charge in [-0.1, -0.05) is 34.6 Å². The van der Waals surface area contributed by atoms with Crippen LogP contribution < -0.4 is 5.32 Å². The molecule has 2 nitrogen and oxygen atoms in total. The third kappa shape index (κ3) is 5.87. The van der Waals surface area contributed by atoms with E-state index in [1.165, 1.54) is 19.3 Å². The van der Waals surface area contributed by atoms with Crippen LogP contribution in [0.1, 0.15) is 53.9 Å². The van der Waals surface area contributed by atoms with Gasteiger partial charge < -0.3 is 10.1 Å². The van der Waals surface area contributed by atoms with E-state index in [9.17, 15) is 0 Å². The summed E-state index contributed by atoms with van der Waals surface area (Å²) in [6, 6.07) is 0.592. The Bertz CT molecular complexity index is 201. The van der Waals surface area contributed by atoms with Gasteiger partial charge in [0.1, 0.15) is 0 Å². The van der Waals surface area contributed by atoms with Gasteiger partial charge in [0.05, 0.1) is 0 Å². The van der Waals surface area contributed by atoms with Gasteiger partial charge in [-0.3, -0.25) is 0 Å². The maximum Gasteiger partial charge on any atom is 0.0468 e. The van der Waals surface area contributed by atoms with Crippen molar-refractivity contribution in [3.63, 3.8) is 0 Å². The van der Waals surface area contributed by atoms with Gasteiger partial charge in [0.25, 0.3) is 0 Å². The fourth-order valence-corrected chi connectivity index (χ4v) is 2.51.